The lowest BCUT2D eigenvalue weighted by Gasteiger charge is -2.39. The predicted octanol–water partition coefficient (Wildman–Crippen LogP) is 5.70. The van der Waals surface area contributed by atoms with Gasteiger partial charge in [-0.2, -0.15) is 13.2 Å². The summed E-state index contributed by atoms with van der Waals surface area (Å²) in [4.78, 5) is 18.6. The van der Waals surface area contributed by atoms with Crippen molar-refractivity contribution in [3.63, 3.8) is 0 Å². The fraction of sp³-hybridized carbons (Fsp3) is 0.556. The fourth-order valence-electron chi connectivity index (χ4n) is 4.68. The number of piperidine rings is 1. The summed E-state index contributed by atoms with van der Waals surface area (Å²) in [7, 11) is 1.00. The minimum atomic E-state index is -4.59. The Labute approximate surface area is 224 Å². The number of hydrogen-bond acceptors (Lipinski definition) is 5. The van der Waals surface area contributed by atoms with Crippen LogP contribution in [0.1, 0.15) is 78.4 Å². The summed E-state index contributed by atoms with van der Waals surface area (Å²) < 4.78 is 60.4. The number of ether oxygens (including phenoxy) is 1. The smallest absolute Gasteiger partial charge is 0.418 e. The monoisotopic (exact) mass is 557 g/mol. The number of carbonyl (C=O) groups is 1. The highest BCUT2D eigenvalue weighted by Crippen LogP contribution is 2.43. The summed E-state index contributed by atoms with van der Waals surface area (Å²) in [5, 5.41) is 9.40. The van der Waals surface area contributed by atoms with Crippen LogP contribution in [-0.4, -0.2) is 52.7 Å². The van der Waals surface area contributed by atoms with E-state index < -0.39 is 28.2 Å². The number of likely N-dealkylation sites (tertiary alicyclic amines) is 1. The van der Waals surface area contributed by atoms with E-state index in [2.05, 4.69) is 15.2 Å². The van der Waals surface area contributed by atoms with Crippen LogP contribution in [0.15, 0.2) is 24.4 Å². The van der Waals surface area contributed by atoms with Gasteiger partial charge in [-0.3, -0.25) is 9.69 Å². The quantitative estimate of drug-likeness (QED) is 0.427. The van der Waals surface area contributed by atoms with E-state index in [9.17, 15) is 22.4 Å². The molecule has 0 atom stereocenters. The second-order valence-electron chi connectivity index (χ2n) is 10.4. The van der Waals surface area contributed by atoms with Crippen molar-refractivity contribution in [3.05, 3.63) is 57.5 Å². The molecule has 0 bridgehead atoms. The topological polar surface area (TPSA) is 74.7 Å². The molecule has 0 spiro atoms. The second-order valence-corrected chi connectivity index (χ2v) is 10.8. The van der Waals surface area contributed by atoms with Gasteiger partial charge in [0.25, 0.3) is 5.91 Å². The van der Waals surface area contributed by atoms with Crippen molar-refractivity contribution >= 4 is 17.5 Å². The zero-order valence-electron chi connectivity index (χ0n) is 21.4. The van der Waals surface area contributed by atoms with E-state index in [4.69, 9.17) is 21.4 Å². The van der Waals surface area contributed by atoms with Gasteiger partial charge < -0.3 is 15.2 Å². The van der Waals surface area contributed by atoms with E-state index in [-0.39, 0.29) is 23.4 Å². The molecule has 1 aromatic carbocycles. The average molecular weight is 558 g/mol. The first-order valence-corrected chi connectivity index (χ1v) is 13.1. The summed E-state index contributed by atoms with van der Waals surface area (Å²) >= 11 is 5.66. The standard InChI is InChI=1S/C26H28ClF4N3O2.CH4O/c1-25(36-23-12-20(26(29,30)31)21(27)13-32-23)6-8-34(9-7-25)14-16-10-22(28)19(11-18(16)15-2-3-15)24(35)33-17-4-5-17;1-2/h10-13,15,17H,2-9,14H2,1H3,(H,33,35);2H,1H3. The molecule has 3 aliphatic rings. The molecular weight excluding hydrogens is 526 g/mol. The van der Waals surface area contributed by atoms with E-state index >= 15 is 0 Å². The van der Waals surface area contributed by atoms with Crippen molar-refractivity contribution in [3.8, 4) is 5.88 Å². The molecule has 0 radical (unpaired) electrons. The summed E-state index contributed by atoms with van der Waals surface area (Å²) in [5.74, 6) is -0.614. The number of halogens is 5. The Hall–Kier alpha value is -2.43. The molecule has 1 amide bonds. The highest BCUT2D eigenvalue weighted by atomic mass is 35.5. The largest absolute Gasteiger partial charge is 0.471 e. The number of rotatable bonds is 7. The Bertz CT molecular complexity index is 1160. The molecule has 208 valence electrons. The van der Waals surface area contributed by atoms with Crippen molar-refractivity contribution < 1.29 is 32.2 Å². The second kappa shape index (κ2) is 11.4. The molecule has 1 aliphatic heterocycles. The molecule has 6 nitrogen and oxygen atoms in total. The number of aliphatic hydroxyl groups excluding tert-OH is 1. The molecule has 2 heterocycles. The van der Waals surface area contributed by atoms with Gasteiger partial charge in [-0.05, 0) is 74.6 Å². The fourth-order valence-corrected chi connectivity index (χ4v) is 4.89. The molecular formula is C27H32ClF4N3O3. The Morgan fingerprint density at radius 2 is 1.84 bits per heavy atom. The van der Waals surface area contributed by atoms with E-state index in [0.29, 0.717) is 38.4 Å². The molecule has 2 saturated carbocycles. The Kier molecular flexibility index (Phi) is 8.54. The molecule has 3 fully saturated rings. The van der Waals surface area contributed by atoms with Crippen LogP contribution < -0.4 is 10.1 Å². The molecule has 38 heavy (non-hydrogen) atoms. The maximum Gasteiger partial charge on any atom is 0.418 e. The first-order valence-electron chi connectivity index (χ1n) is 12.7. The summed E-state index contributed by atoms with van der Waals surface area (Å²) in [6.07, 6.45) is 1.45. The summed E-state index contributed by atoms with van der Waals surface area (Å²) in [6.45, 7) is 3.66. The Morgan fingerprint density at radius 1 is 1.18 bits per heavy atom. The van der Waals surface area contributed by atoms with Crippen LogP contribution in [0.2, 0.25) is 5.02 Å². The third kappa shape index (κ3) is 6.95. The zero-order chi connectivity index (χ0) is 27.7. The van der Waals surface area contributed by atoms with Crippen LogP contribution >= 0.6 is 11.6 Å². The normalized spacial score (nSPS) is 19.4. The van der Waals surface area contributed by atoms with Gasteiger partial charge in [0.2, 0.25) is 5.88 Å². The van der Waals surface area contributed by atoms with Gasteiger partial charge in [-0.25, -0.2) is 9.37 Å². The lowest BCUT2D eigenvalue weighted by molar-refractivity contribution is -0.137. The third-order valence-electron chi connectivity index (χ3n) is 7.20. The first-order chi connectivity index (χ1) is 18.0. The van der Waals surface area contributed by atoms with Crippen LogP contribution in [-0.2, 0) is 12.7 Å². The minimum absolute atomic E-state index is 0.110. The number of carbonyl (C=O) groups excluding carboxylic acids is 1. The van der Waals surface area contributed by atoms with Gasteiger partial charge in [-0.1, -0.05) is 11.6 Å². The van der Waals surface area contributed by atoms with Crippen molar-refractivity contribution in [2.24, 2.45) is 0 Å². The molecule has 2 N–H and O–H groups in total. The van der Waals surface area contributed by atoms with Gasteiger partial charge in [0.05, 0.1) is 22.3 Å². The van der Waals surface area contributed by atoms with Crippen molar-refractivity contribution in [1.82, 2.24) is 15.2 Å². The van der Waals surface area contributed by atoms with Crippen molar-refractivity contribution in [2.45, 2.75) is 75.7 Å². The number of pyridine rings is 1. The Balaban J connectivity index is 0.00000164. The number of amides is 1. The van der Waals surface area contributed by atoms with Crippen LogP contribution in [0.4, 0.5) is 17.6 Å². The molecule has 1 saturated heterocycles. The van der Waals surface area contributed by atoms with E-state index in [1.54, 1.807) is 6.07 Å². The minimum Gasteiger partial charge on any atom is -0.471 e. The van der Waals surface area contributed by atoms with Gasteiger partial charge >= 0.3 is 6.18 Å². The van der Waals surface area contributed by atoms with Crippen LogP contribution in [0.5, 0.6) is 5.88 Å². The number of hydrogen-bond donors (Lipinski definition) is 2. The first kappa shape index (κ1) is 28.6. The van der Waals surface area contributed by atoms with Gasteiger partial charge in [-0.15, -0.1) is 0 Å². The molecule has 2 aliphatic carbocycles. The maximum atomic E-state index is 14.9. The summed E-state index contributed by atoms with van der Waals surface area (Å²) in [5.41, 5.74) is 0.374. The Morgan fingerprint density at radius 3 is 2.42 bits per heavy atom. The highest BCUT2D eigenvalue weighted by molar-refractivity contribution is 6.31. The summed E-state index contributed by atoms with van der Waals surface area (Å²) in [6, 6.07) is 4.22. The van der Waals surface area contributed by atoms with Crippen LogP contribution in [0.25, 0.3) is 0 Å². The molecule has 0 unspecified atom stereocenters. The van der Waals surface area contributed by atoms with Crippen molar-refractivity contribution in [1.29, 1.82) is 0 Å². The zero-order valence-corrected chi connectivity index (χ0v) is 22.1. The number of aromatic nitrogens is 1. The van der Waals surface area contributed by atoms with Gasteiger partial charge in [0, 0.05) is 38.9 Å². The molecule has 11 heteroatoms. The van der Waals surface area contributed by atoms with Gasteiger partial charge in [0.1, 0.15) is 11.4 Å². The number of nitrogens with zero attached hydrogens (tertiary/aromatic N) is 2. The van der Waals surface area contributed by atoms with E-state index in [1.165, 1.54) is 6.07 Å². The number of alkyl halides is 3. The molecule has 5 rings (SSSR count). The maximum absolute atomic E-state index is 14.9. The van der Waals surface area contributed by atoms with E-state index in [1.807, 2.05) is 6.92 Å². The number of aliphatic hydroxyl groups is 1. The highest BCUT2D eigenvalue weighted by Gasteiger charge is 2.37. The lowest BCUT2D eigenvalue weighted by Crippen LogP contribution is -2.46. The predicted molar refractivity (Wildman–Crippen MR) is 135 cm³/mol. The van der Waals surface area contributed by atoms with Crippen LogP contribution in [0, 0.1) is 5.82 Å². The number of nitrogens with one attached hydrogen (secondary N) is 1. The van der Waals surface area contributed by atoms with Gasteiger partial charge in [0.15, 0.2) is 0 Å². The molecule has 2 aromatic rings. The number of benzene rings is 1. The van der Waals surface area contributed by atoms with Crippen molar-refractivity contribution in [2.75, 3.05) is 20.2 Å². The van der Waals surface area contributed by atoms with E-state index in [0.717, 1.165) is 56.2 Å². The molecule has 1 aromatic heterocycles. The third-order valence-corrected chi connectivity index (χ3v) is 7.50. The lowest BCUT2D eigenvalue weighted by atomic mass is 9.92. The van der Waals surface area contributed by atoms with Crippen LogP contribution in [0.3, 0.4) is 0 Å². The SMILES string of the molecule is CC1(Oc2cc(C(F)(F)F)c(Cl)cn2)CCN(Cc2cc(F)c(C(=O)NC3CC3)cc2C2CC2)CC1.CO. The average Bonchev–Trinajstić information content (AvgIpc) is 3.78.